The van der Waals surface area contributed by atoms with Crippen molar-refractivity contribution in [2.75, 3.05) is 0 Å². The second kappa shape index (κ2) is 8.76. The summed E-state index contributed by atoms with van der Waals surface area (Å²) in [4.78, 5) is 0. The molecule has 0 aliphatic rings. The minimum absolute atomic E-state index is 0.0320. The summed E-state index contributed by atoms with van der Waals surface area (Å²) in [5, 5.41) is 0. The SMILES string of the molecule is C=C/C=C\C(=C/C)C(/C(=C/C=C)CCC=C)(C(F)(F)F)C(F)(F)F. The van der Waals surface area contributed by atoms with Gasteiger partial charge in [0, 0.05) is 0 Å². The van der Waals surface area contributed by atoms with E-state index in [0.717, 1.165) is 43.4 Å². The molecule has 0 unspecified atom stereocenters. The van der Waals surface area contributed by atoms with Crippen LogP contribution in [0, 0.1) is 5.41 Å². The summed E-state index contributed by atoms with van der Waals surface area (Å²) in [6.07, 6.45) is -4.95. The van der Waals surface area contributed by atoms with E-state index in [1.807, 2.05) is 0 Å². The largest absolute Gasteiger partial charge is 0.410 e. The highest BCUT2D eigenvalue weighted by molar-refractivity contribution is 5.43. The fraction of sp³-hybridized carbons (Fsp3) is 0.333. The fourth-order valence-corrected chi connectivity index (χ4v) is 2.44. The predicted molar refractivity (Wildman–Crippen MR) is 85.3 cm³/mol. The van der Waals surface area contributed by atoms with E-state index in [4.69, 9.17) is 0 Å². The standard InChI is InChI=1S/C18H20F6/c1-5-9-12-14(8-4)16(17(19,20)21,18(22,23)24)15(11-7-3)13-10-6-2/h5-9,11-12H,1-3,10,13H2,4H3/b12-9-,14-8+,15-11+. The Morgan fingerprint density at radius 1 is 0.917 bits per heavy atom. The Morgan fingerprint density at radius 3 is 1.79 bits per heavy atom. The zero-order valence-corrected chi connectivity index (χ0v) is 13.3. The van der Waals surface area contributed by atoms with Crippen LogP contribution in [0.25, 0.3) is 0 Å². The molecule has 0 N–H and O–H groups in total. The Bertz CT molecular complexity index is 527. The van der Waals surface area contributed by atoms with Crippen molar-refractivity contribution in [3.05, 3.63) is 73.4 Å². The highest BCUT2D eigenvalue weighted by Crippen LogP contribution is 2.60. The Labute approximate surface area is 138 Å². The van der Waals surface area contributed by atoms with Gasteiger partial charge in [-0.25, -0.2) is 0 Å². The predicted octanol–water partition coefficient (Wildman–Crippen LogP) is 6.86. The van der Waals surface area contributed by atoms with E-state index >= 15 is 0 Å². The molecule has 0 aromatic rings. The highest BCUT2D eigenvalue weighted by atomic mass is 19.4. The summed E-state index contributed by atoms with van der Waals surface area (Å²) in [6.45, 7) is 11.0. The average Bonchev–Trinajstić information content (AvgIpc) is 2.45. The van der Waals surface area contributed by atoms with Crippen LogP contribution < -0.4 is 0 Å². The second-order valence-corrected chi connectivity index (χ2v) is 4.84. The summed E-state index contributed by atoms with van der Waals surface area (Å²) in [7, 11) is 0. The number of alkyl halides is 6. The van der Waals surface area contributed by atoms with Crippen LogP contribution in [-0.2, 0) is 0 Å². The van der Waals surface area contributed by atoms with Gasteiger partial charge in [0.15, 0.2) is 0 Å². The Balaban J connectivity index is 6.91. The number of allylic oxidation sites excluding steroid dienone is 9. The lowest BCUT2D eigenvalue weighted by Crippen LogP contribution is -2.52. The molecule has 0 saturated carbocycles. The molecule has 0 aliphatic heterocycles. The molecule has 0 spiro atoms. The van der Waals surface area contributed by atoms with Crippen molar-refractivity contribution in [1.29, 1.82) is 0 Å². The van der Waals surface area contributed by atoms with Crippen molar-refractivity contribution in [1.82, 2.24) is 0 Å². The first kappa shape index (κ1) is 22.0. The lowest BCUT2D eigenvalue weighted by atomic mass is 9.70. The molecule has 0 radical (unpaired) electrons. The summed E-state index contributed by atoms with van der Waals surface area (Å²) >= 11 is 0. The van der Waals surface area contributed by atoms with Gasteiger partial charge in [0.2, 0.25) is 5.41 Å². The maximum Gasteiger partial charge on any atom is 0.410 e. The van der Waals surface area contributed by atoms with Gasteiger partial charge in [-0.15, -0.1) is 6.58 Å². The molecule has 0 aromatic carbocycles. The van der Waals surface area contributed by atoms with Crippen LogP contribution in [0.1, 0.15) is 19.8 Å². The lowest BCUT2D eigenvalue weighted by molar-refractivity contribution is -0.310. The van der Waals surface area contributed by atoms with E-state index in [2.05, 4.69) is 19.7 Å². The number of rotatable bonds is 8. The molecule has 0 rings (SSSR count). The molecular weight excluding hydrogens is 330 g/mol. The first-order valence-electron chi connectivity index (χ1n) is 7.06. The van der Waals surface area contributed by atoms with Crippen LogP contribution in [0.3, 0.4) is 0 Å². The first-order chi connectivity index (χ1) is 11.0. The quantitative estimate of drug-likeness (QED) is 0.255. The zero-order chi connectivity index (χ0) is 19.0. The highest BCUT2D eigenvalue weighted by Gasteiger charge is 2.73. The van der Waals surface area contributed by atoms with E-state index in [9.17, 15) is 26.3 Å². The molecule has 134 valence electrons. The average molecular weight is 350 g/mol. The summed E-state index contributed by atoms with van der Waals surface area (Å²) in [6, 6.07) is 0. The van der Waals surface area contributed by atoms with Crippen molar-refractivity contribution >= 4 is 0 Å². The molecule has 0 heterocycles. The Hall–Kier alpha value is -1.98. The Morgan fingerprint density at radius 2 is 1.46 bits per heavy atom. The lowest BCUT2D eigenvalue weighted by Gasteiger charge is -2.40. The van der Waals surface area contributed by atoms with E-state index in [1.54, 1.807) is 0 Å². The van der Waals surface area contributed by atoms with Crippen molar-refractivity contribution in [3.8, 4) is 0 Å². The second-order valence-electron chi connectivity index (χ2n) is 4.84. The van der Waals surface area contributed by atoms with Crippen molar-refractivity contribution in [3.63, 3.8) is 0 Å². The molecule has 0 fully saturated rings. The molecule has 24 heavy (non-hydrogen) atoms. The fourth-order valence-electron chi connectivity index (χ4n) is 2.44. The smallest absolute Gasteiger partial charge is 0.169 e. The van der Waals surface area contributed by atoms with E-state index in [0.29, 0.717) is 0 Å². The summed E-state index contributed by atoms with van der Waals surface area (Å²) in [5.41, 5.74) is -5.87. The monoisotopic (exact) mass is 350 g/mol. The van der Waals surface area contributed by atoms with Crippen molar-refractivity contribution < 1.29 is 26.3 Å². The zero-order valence-electron chi connectivity index (χ0n) is 13.3. The van der Waals surface area contributed by atoms with Gasteiger partial charge in [0.05, 0.1) is 0 Å². The molecule has 0 bridgehead atoms. The number of hydrogen-bond acceptors (Lipinski definition) is 0. The maximum absolute atomic E-state index is 13.8. The molecule has 0 amide bonds. The molecule has 0 aliphatic carbocycles. The number of hydrogen-bond donors (Lipinski definition) is 0. The van der Waals surface area contributed by atoms with Gasteiger partial charge in [-0.3, -0.25) is 0 Å². The van der Waals surface area contributed by atoms with Crippen LogP contribution in [0.2, 0.25) is 0 Å². The first-order valence-corrected chi connectivity index (χ1v) is 7.06. The van der Waals surface area contributed by atoms with Crippen LogP contribution >= 0.6 is 0 Å². The molecule has 0 aromatic heterocycles. The minimum atomic E-state index is -5.59. The van der Waals surface area contributed by atoms with Crippen molar-refractivity contribution in [2.45, 2.75) is 32.1 Å². The summed E-state index contributed by atoms with van der Waals surface area (Å²) in [5.74, 6) is 0. The molecule has 0 atom stereocenters. The summed E-state index contributed by atoms with van der Waals surface area (Å²) < 4.78 is 82.9. The van der Waals surface area contributed by atoms with E-state index < -0.39 is 35.3 Å². The molecule has 0 saturated heterocycles. The normalized spacial score (nSPS) is 14.8. The van der Waals surface area contributed by atoms with Crippen LogP contribution in [0.4, 0.5) is 26.3 Å². The molecule has 6 heteroatoms. The van der Waals surface area contributed by atoms with Gasteiger partial charge in [-0.05, 0) is 30.9 Å². The van der Waals surface area contributed by atoms with Gasteiger partial charge < -0.3 is 0 Å². The molecular formula is C18H20F6. The van der Waals surface area contributed by atoms with Crippen LogP contribution in [0.5, 0.6) is 0 Å². The third-order valence-electron chi connectivity index (χ3n) is 3.42. The maximum atomic E-state index is 13.8. The number of halogens is 6. The van der Waals surface area contributed by atoms with Crippen molar-refractivity contribution in [2.24, 2.45) is 5.41 Å². The van der Waals surface area contributed by atoms with Gasteiger partial charge in [-0.2, -0.15) is 26.3 Å². The van der Waals surface area contributed by atoms with Gasteiger partial charge in [0.25, 0.3) is 0 Å². The minimum Gasteiger partial charge on any atom is -0.169 e. The van der Waals surface area contributed by atoms with Gasteiger partial charge >= 0.3 is 12.4 Å². The van der Waals surface area contributed by atoms with Gasteiger partial charge in [-0.1, -0.05) is 55.7 Å². The third kappa shape index (κ3) is 4.30. The van der Waals surface area contributed by atoms with E-state index in [1.165, 1.54) is 6.08 Å². The van der Waals surface area contributed by atoms with Crippen LogP contribution in [0.15, 0.2) is 73.4 Å². The Kier molecular flexibility index (Phi) is 8.03. The third-order valence-corrected chi connectivity index (χ3v) is 3.42. The van der Waals surface area contributed by atoms with Crippen LogP contribution in [-0.4, -0.2) is 12.4 Å². The van der Waals surface area contributed by atoms with E-state index in [-0.39, 0.29) is 6.42 Å². The molecule has 0 nitrogen and oxygen atoms in total. The van der Waals surface area contributed by atoms with Gasteiger partial charge in [0.1, 0.15) is 0 Å². The topological polar surface area (TPSA) is 0 Å².